The number of rotatable bonds is 3. The highest BCUT2D eigenvalue weighted by Crippen LogP contribution is 2.31. The third-order valence-electron chi connectivity index (χ3n) is 3.75. The Labute approximate surface area is 117 Å². The largest absolute Gasteiger partial charge is 0.393 e. The van der Waals surface area contributed by atoms with Gasteiger partial charge in [0.05, 0.1) is 6.10 Å². The molecule has 3 atom stereocenters. The molecule has 0 aromatic heterocycles. The second-order valence-corrected chi connectivity index (χ2v) is 6.08. The molecule has 2 unspecified atom stereocenters. The average molecular weight is 313 g/mol. The quantitative estimate of drug-likeness (QED) is 0.902. The Morgan fingerprint density at radius 3 is 2.67 bits per heavy atom. The lowest BCUT2D eigenvalue weighted by molar-refractivity contribution is 0.136. The zero-order valence-corrected chi connectivity index (χ0v) is 12.5. The van der Waals surface area contributed by atoms with Crippen LogP contribution in [0.1, 0.15) is 31.9 Å². The predicted octanol–water partition coefficient (Wildman–Crippen LogP) is 2.68. The van der Waals surface area contributed by atoms with E-state index < -0.39 is 0 Å². The maximum absolute atomic E-state index is 9.64. The Bertz CT molecular complexity index is 420. The van der Waals surface area contributed by atoms with Crippen LogP contribution in [0.5, 0.6) is 0 Å². The molecule has 2 rings (SSSR count). The van der Waals surface area contributed by atoms with Crippen molar-refractivity contribution in [3.63, 3.8) is 0 Å². The summed E-state index contributed by atoms with van der Waals surface area (Å²) in [7, 11) is 0. The van der Waals surface area contributed by atoms with E-state index >= 15 is 0 Å². The number of hydrogen-bond acceptors (Lipinski definition) is 3. The summed E-state index contributed by atoms with van der Waals surface area (Å²) in [5.74, 6) is 0.386. The van der Waals surface area contributed by atoms with Gasteiger partial charge in [0.15, 0.2) is 0 Å². The molecule has 1 aromatic carbocycles. The van der Waals surface area contributed by atoms with Crippen molar-refractivity contribution in [1.29, 1.82) is 0 Å². The van der Waals surface area contributed by atoms with Gasteiger partial charge >= 0.3 is 0 Å². The van der Waals surface area contributed by atoms with E-state index in [2.05, 4.69) is 39.0 Å². The van der Waals surface area contributed by atoms with Gasteiger partial charge in [0.1, 0.15) is 0 Å². The monoisotopic (exact) mass is 312 g/mol. The van der Waals surface area contributed by atoms with Crippen LogP contribution in [-0.2, 0) is 0 Å². The summed E-state index contributed by atoms with van der Waals surface area (Å²) in [5, 5.41) is 9.64. The standard InChI is InChI=1S/C14H21BrN2O/c1-9(16)13-4-3-12(7-14(13)15)17-6-5-11(8-17)10(2)18/h3-4,7,9-11,18H,5-6,8,16H2,1-2H3/t9-,10?,11?/m1/s1. The Morgan fingerprint density at radius 1 is 1.44 bits per heavy atom. The second kappa shape index (κ2) is 5.59. The van der Waals surface area contributed by atoms with Gasteiger partial charge in [-0.2, -0.15) is 0 Å². The molecule has 18 heavy (non-hydrogen) atoms. The number of anilines is 1. The van der Waals surface area contributed by atoms with Gasteiger partial charge in [-0.15, -0.1) is 0 Å². The molecule has 4 heteroatoms. The first-order chi connectivity index (χ1) is 8.49. The van der Waals surface area contributed by atoms with E-state index in [9.17, 15) is 5.11 Å². The smallest absolute Gasteiger partial charge is 0.0557 e. The van der Waals surface area contributed by atoms with E-state index in [0.29, 0.717) is 5.92 Å². The van der Waals surface area contributed by atoms with Gasteiger partial charge in [0.25, 0.3) is 0 Å². The molecule has 0 spiro atoms. The van der Waals surface area contributed by atoms with Crippen molar-refractivity contribution in [3.8, 4) is 0 Å². The maximum Gasteiger partial charge on any atom is 0.0557 e. The van der Waals surface area contributed by atoms with Crippen molar-refractivity contribution in [2.45, 2.75) is 32.4 Å². The number of aliphatic hydroxyl groups is 1. The lowest BCUT2D eigenvalue weighted by atomic mass is 10.0. The summed E-state index contributed by atoms with van der Waals surface area (Å²) in [4.78, 5) is 2.33. The van der Waals surface area contributed by atoms with Gasteiger partial charge in [-0.3, -0.25) is 0 Å². The summed E-state index contributed by atoms with van der Waals surface area (Å²) >= 11 is 3.58. The molecule has 3 nitrogen and oxygen atoms in total. The lowest BCUT2D eigenvalue weighted by Gasteiger charge is -2.21. The number of benzene rings is 1. The number of nitrogens with zero attached hydrogens (tertiary/aromatic N) is 1. The molecule has 0 bridgehead atoms. The van der Waals surface area contributed by atoms with Gasteiger partial charge in [-0.1, -0.05) is 22.0 Å². The van der Waals surface area contributed by atoms with Crippen molar-refractivity contribution in [2.24, 2.45) is 11.7 Å². The first kappa shape index (κ1) is 13.8. The van der Waals surface area contributed by atoms with Crippen molar-refractivity contribution in [3.05, 3.63) is 28.2 Å². The second-order valence-electron chi connectivity index (χ2n) is 5.23. The fourth-order valence-electron chi connectivity index (χ4n) is 2.50. The van der Waals surface area contributed by atoms with Crippen molar-refractivity contribution in [1.82, 2.24) is 0 Å². The van der Waals surface area contributed by atoms with E-state index in [1.807, 2.05) is 13.8 Å². The molecule has 1 aromatic rings. The van der Waals surface area contributed by atoms with Crippen LogP contribution in [0.25, 0.3) is 0 Å². The topological polar surface area (TPSA) is 49.5 Å². The minimum atomic E-state index is -0.221. The molecule has 3 N–H and O–H groups in total. The Balaban J connectivity index is 2.13. The summed E-state index contributed by atoms with van der Waals surface area (Å²) in [6.07, 6.45) is 0.839. The first-order valence-corrected chi connectivity index (χ1v) is 7.26. The van der Waals surface area contributed by atoms with Gasteiger partial charge in [0.2, 0.25) is 0 Å². The van der Waals surface area contributed by atoms with Crippen LogP contribution in [0, 0.1) is 5.92 Å². The van der Waals surface area contributed by atoms with Crippen LogP contribution in [0.3, 0.4) is 0 Å². The summed E-state index contributed by atoms with van der Waals surface area (Å²) in [5.41, 5.74) is 8.24. The molecule has 1 fully saturated rings. The van der Waals surface area contributed by atoms with Crippen LogP contribution < -0.4 is 10.6 Å². The molecule has 1 heterocycles. The fourth-order valence-corrected chi connectivity index (χ4v) is 3.23. The molecule has 0 amide bonds. The Kier molecular flexibility index (Phi) is 4.30. The lowest BCUT2D eigenvalue weighted by Crippen LogP contribution is -2.23. The molecular weight excluding hydrogens is 292 g/mol. The molecule has 1 aliphatic rings. The van der Waals surface area contributed by atoms with Crippen LogP contribution in [-0.4, -0.2) is 24.3 Å². The first-order valence-electron chi connectivity index (χ1n) is 6.47. The van der Waals surface area contributed by atoms with Crippen molar-refractivity contribution >= 4 is 21.6 Å². The molecule has 100 valence electrons. The maximum atomic E-state index is 9.64. The van der Waals surface area contributed by atoms with Crippen LogP contribution in [0.15, 0.2) is 22.7 Å². The van der Waals surface area contributed by atoms with E-state index in [0.717, 1.165) is 29.5 Å². The highest BCUT2D eigenvalue weighted by atomic mass is 79.9. The van der Waals surface area contributed by atoms with Crippen LogP contribution >= 0.6 is 15.9 Å². The number of hydrogen-bond donors (Lipinski definition) is 2. The predicted molar refractivity (Wildman–Crippen MR) is 78.7 cm³/mol. The van der Waals surface area contributed by atoms with Crippen molar-refractivity contribution in [2.75, 3.05) is 18.0 Å². The molecule has 0 radical (unpaired) electrons. The summed E-state index contributed by atoms with van der Waals surface area (Å²) in [6.45, 7) is 5.81. The Hall–Kier alpha value is -0.580. The molecular formula is C14H21BrN2O. The number of halogens is 1. The molecule has 0 aliphatic carbocycles. The summed E-state index contributed by atoms with van der Waals surface area (Å²) < 4.78 is 1.07. The highest BCUT2D eigenvalue weighted by Gasteiger charge is 2.26. The molecule has 0 saturated carbocycles. The van der Waals surface area contributed by atoms with Gasteiger partial charge in [0, 0.05) is 35.2 Å². The zero-order valence-electron chi connectivity index (χ0n) is 10.9. The minimum absolute atomic E-state index is 0.0391. The van der Waals surface area contributed by atoms with E-state index in [4.69, 9.17) is 5.73 Å². The van der Waals surface area contributed by atoms with Crippen LogP contribution in [0.2, 0.25) is 0 Å². The molecule has 1 aliphatic heterocycles. The van der Waals surface area contributed by atoms with Gasteiger partial charge in [-0.25, -0.2) is 0 Å². The van der Waals surface area contributed by atoms with Gasteiger partial charge in [-0.05, 0) is 38.0 Å². The minimum Gasteiger partial charge on any atom is -0.393 e. The van der Waals surface area contributed by atoms with E-state index in [-0.39, 0.29) is 12.1 Å². The fraction of sp³-hybridized carbons (Fsp3) is 0.571. The summed E-state index contributed by atoms with van der Waals surface area (Å²) in [6, 6.07) is 6.37. The Morgan fingerprint density at radius 2 is 2.17 bits per heavy atom. The van der Waals surface area contributed by atoms with Crippen molar-refractivity contribution < 1.29 is 5.11 Å². The highest BCUT2D eigenvalue weighted by molar-refractivity contribution is 9.10. The molecule has 1 saturated heterocycles. The SMILES string of the molecule is CC(O)C1CCN(c2ccc([C@@H](C)N)c(Br)c2)C1. The third kappa shape index (κ3) is 2.87. The van der Waals surface area contributed by atoms with Crippen LogP contribution in [0.4, 0.5) is 5.69 Å². The average Bonchev–Trinajstić information content (AvgIpc) is 2.77. The van der Waals surface area contributed by atoms with E-state index in [1.54, 1.807) is 0 Å². The van der Waals surface area contributed by atoms with E-state index in [1.165, 1.54) is 5.69 Å². The third-order valence-corrected chi connectivity index (χ3v) is 4.43. The number of nitrogens with two attached hydrogens (primary N) is 1. The zero-order chi connectivity index (χ0) is 13.3. The van der Waals surface area contributed by atoms with Gasteiger partial charge < -0.3 is 15.7 Å². The number of aliphatic hydroxyl groups excluding tert-OH is 1. The normalized spacial score (nSPS) is 23.2.